The highest BCUT2D eigenvalue weighted by Crippen LogP contribution is 2.30. The smallest absolute Gasteiger partial charge is 0.252 e. The standard InChI is InChI=1S/C22H29F2N3O2S/c23-13-15-7-6-8-16(14-24)19(15)21(29)25-12-11-18-20(28)27-22(30-18)26-17-9-4-2-1-3-5-10-17/h6-8,17,28H,1-5,9-14H2,(H,25,29)(H,26,27). The fraction of sp³-hybridized carbons (Fsp3) is 0.545. The Morgan fingerprint density at radius 2 is 1.73 bits per heavy atom. The Hall–Kier alpha value is -2.22. The minimum Gasteiger partial charge on any atom is -0.492 e. The number of nitrogens with one attached hydrogen (secondary N) is 2. The van der Waals surface area contributed by atoms with Gasteiger partial charge in [-0.25, -0.2) is 8.78 Å². The summed E-state index contributed by atoms with van der Waals surface area (Å²) in [5.74, 6) is -0.538. The van der Waals surface area contributed by atoms with Crippen molar-refractivity contribution < 1.29 is 18.7 Å². The van der Waals surface area contributed by atoms with Gasteiger partial charge in [-0.3, -0.25) is 4.79 Å². The molecule has 1 heterocycles. The molecule has 1 amide bonds. The number of aromatic hydroxyl groups is 1. The SMILES string of the molecule is O=C(NCCc1sc(NC2CCCCCCC2)nc1O)c1c(CF)cccc1CF. The fourth-order valence-corrected chi connectivity index (χ4v) is 4.82. The third-order valence-corrected chi connectivity index (χ3v) is 6.53. The van der Waals surface area contributed by atoms with Crippen LogP contribution in [0.25, 0.3) is 0 Å². The molecule has 0 unspecified atom stereocenters. The van der Waals surface area contributed by atoms with Crippen molar-refractivity contribution in [3.63, 3.8) is 0 Å². The van der Waals surface area contributed by atoms with E-state index in [9.17, 15) is 18.7 Å². The Labute approximate surface area is 179 Å². The summed E-state index contributed by atoms with van der Waals surface area (Å²) in [7, 11) is 0. The van der Waals surface area contributed by atoms with Gasteiger partial charge in [0.25, 0.3) is 5.91 Å². The first-order valence-corrected chi connectivity index (χ1v) is 11.4. The molecule has 1 aliphatic rings. The van der Waals surface area contributed by atoms with Crippen molar-refractivity contribution in [1.82, 2.24) is 10.3 Å². The van der Waals surface area contributed by atoms with Gasteiger partial charge in [0.15, 0.2) is 5.13 Å². The third kappa shape index (κ3) is 5.90. The molecule has 164 valence electrons. The first-order valence-electron chi connectivity index (χ1n) is 10.6. The van der Waals surface area contributed by atoms with Crippen LogP contribution in [0, 0.1) is 0 Å². The monoisotopic (exact) mass is 437 g/mol. The summed E-state index contributed by atoms with van der Waals surface area (Å²) < 4.78 is 26.4. The molecule has 0 radical (unpaired) electrons. The maximum atomic E-state index is 13.2. The van der Waals surface area contributed by atoms with E-state index in [1.807, 2.05) is 0 Å². The lowest BCUT2D eigenvalue weighted by molar-refractivity contribution is 0.0950. The van der Waals surface area contributed by atoms with Gasteiger partial charge in [0.05, 0.1) is 10.4 Å². The Kier molecular flexibility index (Phi) is 8.42. The summed E-state index contributed by atoms with van der Waals surface area (Å²) in [6, 6.07) is 4.88. The van der Waals surface area contributed by atoms with Gasteiger partial charge < -0.3 is 15.7 Å². The molecule has 0 aliphatic heterocycles. The zero-order valence-electron chi connectivity index (χ0n) is 17.1. The number of carbonyl (C=O) groups is 1. The van der Waals surface area contributed by atoms with E-state index in [1.165, 1.54) is 55.6 Å². The number of amides is 1. The molecule has 5 nitrogen and oxygen atoms in total. The number of benzene rings is 1. The van der Waals surface area contributed by atoms with Crippen molar-refractivity contribution in [3.8, 4) is 5.88 Å². The zero-order valence-corrected chi connectivity index (χ0v) is 17.9. The largest absolute Gasteiger partial charge is 0.492 e. The van der Waals surface area contributed by atoms with Gasteiger partial charge in [0.1, 0.15) is 13.3 Å². The maximum Gasteiger partial charge on any atom is 0.252 e. The van der Waals surface area contributed by atoms with E-state index >= 15 is 0 Å². The average Bonchev–Trinajstić information content (AvgIpc) is 3.08. The van der Waals surface area contributed by atoms with Crippen molar-refractivity contribution in [2.45, 2.75) is 70.8 Å². The van der Waals surface area contributed by atoms with E-state index in [-0.39, 0.29) is 29.1 Å². The van der Waals surface area contributed by atoms with E-state index in [0.717, 1.165) is 12.8 Å². The number of nitrogens with zero attached hydrogens (tertiary/aromatic N) is 1. The number of rotatable bonds is 8. The molecule has 2 aromatic rings. The number of carbonyl (C=O) groups excluding carboxylic acids is 1. The molecular formula is C22H29F2N3O2S. The minimum atomic E-state index is -0.831. The molecular weight excluding hydrogens is 408 g/mol. The highest BCUT2D eigenvalue weighted by Gasteiger charge is 2.18. The van der Waals surface area contributed by atoms with Gasteiger partial charge >= 0.3 is 0 Å². The molecule has 3 rings (SSSR count). The van der Waals surface area contributed by atoms with Crippen LogP contribution in [0.15, 0.2) is 18.2 Å². The fourth-order valence-electron chi connectivity index (χ4n) is 3.89. The number of aromatic nitrogens is 1. The summed E-state index contributed by atoms with van der Waals surface area (Å²) in [5.41, 5.74) is 0.408. The summed E-state index contributed by atoms with van der Waals surface area (Å²) in [5, 5.41) is 17.0. The third-order valence-electron chi connectivity index (χ3n) is 5.50. The highest BCUT2D eigenvalue weighted by atomic mass is 32.1. The zero-order chi connectivity index (χ0) is 21.3. The topological polar surface area (TPSA) is 74.2 Å². The summed E-state index contributed by atoms with van der Waals surface area (Å²) in [4.78, 5) is 17.4. The second-order valence-electron chi connectivity index (χ2n) is 7.68. The Balaban J connectivity index is 1.56. The number of thiazole rings is 1. The number of anilines is 1. The van der Waals surface area contributed by atoms with Crippen LogP contribution in [0.1, 0.15) is 71.3 Å². The molecule has 0 bridgehead atoms. The molecule has 0 spiro atoms. The number of halogens is 2. The van der Waals surface area contributed by atoms with Crippen molar-refractivity contribution in [1.29, 1.82) is 0 Å². The summed E-state index contributed by atoms with van der Waals surface area (Å²) in [6.07, 6.45) is 8.86. The van der Waals surface area contributed by atoms with Crippen molar-refractivity contribution in [2.24, 2.45) is 0 Å². The van der Waals surface area contributed by atoms with Crippen molar-refractivity contribution in [3.05, 3.63) is 39.8 Å². The molecule has 1 aromatic carbocycles. The van der Waals surface area contributed by atoms with Crippen LogP contribution in [0.5, 0.6) is 5.88 Å². The predicted molar refractivity (Wildman–Crippen MR) is 116 cm³/mol. The quantitative estimate of drug-likeness (QED) is 0.525. The van der Waals surface area contributed by atoms with Crippen LogP contribution in [0.3, 0.4) is 0 Å². The number of alkyl halides is 2. The van der Waals surface area contributed by atoms with Gasteiger partial charge in [0.2, 0.25) is 5.88 Å². The lowest BCUT2D eigenvalue weighted by Gasteiger charge is -2.20. The van der Waals surface area contributed by atoms with Crippen molar-refractivity contribution in [2.75, 3.05) is 11.9 Å². The molecule has 1 aromatic heterocycles. The van der Waals surface area contributed by atoms with Crippen molar-refractivity contribution >= 4 is 22.4 Å². The van der Waals surface area contributed by atoms with Crippen LogP contribution in [-0.2, 0) is 19.8 Å². The molecule has 1 aliphatic carbocycles. The van der Waals surface area contributed by atoms with E-state index < -0.39 is 19.3 Å². The molecule has 0 atom stereocenters. The number of hydrogen-bond donors (Lipinski definition) is 3. The summed E-state index contributed by atoms with van der Waals surface area (Å²) >= 11 is 1.38. The second-order valence-corrected chi connectivity index (χ2v) is 8.76. The first kappa shape index (κ1) is 22.5. The Morgan fingerprint density at radius 3 is 2.37 bits per heavy atom. The first-order chi connectivity index (χ1) is 14.6. The van der Waals surface area contributed by atoms with Gasteiger partial charge in [-0.15, -0.1) is 0 Å². The van der Waals surface area contributed by atoms with Gasteiger partial charge in [-0.1, -0.05) is 61.6 Å². The van der Waals surface area contributed by atoms with E-state index in [0.29, 0.717) is 22.5 Å². The number of hydrogen-bond acceptors (Lipinski definition) is 5. The summed E-state index contributed by atoms with van der Waals surface area (Å²) in [6.45, 7) is -1.42. The van der Waals surface area contributed by atoms with Gasteiger partial charge in [-0.2, -0.15) is 4.98 Å². The second kappa shape index (κ2) is 11.2. The lowest BCUT2D eigenvalue weighted by atomic mass is 9.97. The van der Waals surface area contributed by atoms with Crippen LogP contribution in [-0.4, -0.2) is 28.6 Å². The molecule has 8 heteroatoms. The molecule has 1 fully saturated rings. The normalized spacial score (nSPS) is 15.4. The van der Waals surface area contributed by atoms with E-state index in [4.69, 9.17) is 0 Å². The van der Waals surface area contributed by atoms with Crippen LogP contribution >= 0.6 is 11.3 Å². The van der Waals surface area contributed by atoms with Crippen LogP contribution < -0.4 is 10.6 Å². The minimum absolute atomic E-state index is 0.0313. The predicted octanol–water partition coefficient (Wildman–Crippen LogP) is 5.29. The molecule has 3 N–H and O–H groups in total. The van der Waals surface area contributed by atoms with E-state index in [1.54, 1.807) is 6.07 Å². The van der Waals surface area contributed by atoms with E-state index in [2.05, 4.69) is 15.6 Å². The van der Waals surface area contributed by atoms with Gasteiger partial charge in [-0.05, 0) is 24.0 Å². The molecule has 0 saturated heterocycles. The Bertz CT molecular complexity index is 814. The Morgan fingerprint density at radius 1 is 1.10 bits per heavy atom. The molecule has 30 heavy (non-hydrogen) atoms. The highest BCUT2D eigenvalue weighted by molar-refractivity contribution is 7.15. The lowest BCUT2D eigenvalue weighted by Crippen LogP contribution is -2.27. The average molecular weight is 438 g/mol. The van der Waals surface area contributed by atoms with Crippen LogP contribution in [0.4, 0.5) is 13.9 Å². The molecule has 1 saturated carbocycles. The van der Waals surface area contributed by atoms with Crippen LogP contribution in [0.2, 0.25) is 0 Å². The maximum absolute atomic E-state index is 13.2. The van der Waals surface area contributed by atoms with Gasteiger partial charge in [0, 0.05) is 19.0 Å².